The van der Waals surface area contributed by atoms with Crippen molar-refractivity contribution in [3.63, 3.8) is 0 Å². The van der Waals surface area contributed by atoms with Gasteiger partial charge in [0, 0.05) is 11.9 Å². The van der Waals surface area contributed by atoms with Crippen molar-refractivity contribution in [3.8, 4) is 0 Å². The SMILES string of the molecule is N=C(/C(F)=C\Nc1ccccc1)S(=N)(N)=O. The molecule has 5 nitrogen and oxygen atoms in total. The van der Waals surface area contributed by atoms with E-state index >= 15 is 0 Å². The molecule has 0 bridgehead atoms. The van der Waals surface area contributed by atoms with Gasteiger partial charge in [-0.25, -0.2) is 18.5 Å². The van der Waals surface area contributed by atoms with Gasteiger partial charge in [-0.05, 0) is 12.1 Å². The Morgan fingerprint density at radius 3 is 2.50 bits per heavy atom. The largest absolute Gasteiger partial charge is 0.359 e. The number of nitrogens with one attached hydrogen (secondary N) is 3. The Morgan fingerprint density at radius 1 is 1.44 bits per heavy atom. The van der Waals surface area contributed by atoms with Gasteiger partial charge < -0.3 is 5.32 Å². The van der Waals surface area contributed by atoms with Gasteiger partial charge in [-0.15, -0.1) is 0 Å². The summed E-state index contributed by atoms with van der Waals surface area (Å²) in [6.07, 6.45) is 0.846. The molecule has 0 fully saturated rings. The molecule has 86 valence electrons. The van der Waals surface area contributed by atoms with E-state index in [1.54, 1.807) is 30.3 Å². The Hall–Kier alpha value is -1.73. The zero-order valence-electron chi connectivity index (χ0n) is 8.24. The van der Waals surface area contributed by atoms with Gasteiger partial charge in [0.2, 0.25) is 0 Å². The molecule has 7 heteroatoms. The Kier molecular flexibility index (Phi) is 3.75. The number of benzene rings is 1. The molecule has 0 saturated carbocycles. The quantitative estimate of drug-likeness (QED) is 0.479. The lowest BCUT2D eigenvalue weighted by Crippen LogP contribution is -2.21. The first-order chi connectivity index (χ1) is 7.41. The van der Waals surface area contributed by atoms with E-state index in [4.69, 9.17) is 15.3 Å². The highest BCUT2D eigenvalue weighted by Crippen LogP contribution is 2.08. The number of nitrogens with two attached hydrogens (primary N) is 1. The van der Waals surface area contributed by atoms with Crippen molar-refractivity contribution in [3.05, 3.63) is 42.4 Å². The van der Waals surface area contributed by atoms with E-state index in [1.165, 1.54) is 0 Å². The molecule has 1 unspecified atom stereocenters. The van der Waals surface area contributed by atoms with Crippen LogP contribution in [0.5, 0.6) is 0 Å². The fraction of sp³-hybridized carbons (Fsp3) is 0. The van der Waals surface area contributed by atoms with Crippen molar-refractivity contribution in [2.75, 3.05) is 5.32 Å². The molecule has 0 amide bonds. The van der Waals surface area contributed by atoms with Crippen LogP contribution in [-0.2, 0) is 9.92 Å². The van der Waals surface area contributed by atoms with Gasteiger partial charge in [-0.3, -0.25) is 5.41 Å². The van der Waals surface area contributed by atoms with Gasteiger partial charge in [0.1, 0.15) is 0 Å². The minimum atomic E-state index is -3.81. The van der Waals surface area contributed by atoms with Crippen LogP contribution < -0.4 is 10.5 Å². The zero-order chi connectivity index (χ0) is 12.2. The third kappa shape index (κ3) is 3.44. The standard InChI is InChI=1S/C9H11FN4OS/c10-8(9(11)16(12,13)15)6-14-7-4-2-1-3-5-7/h1-6,11,14H,(H3,12,13,15)/b8-6+,11-9?. The Balaban J connectivity index is 2.77. The van der Waals surface area contributed by atoms with Crippen LogP contribution in [0.25, 0.3) is 0 Å². The van der Waals surface area contributed by atoms with Crippen molar-refractivity contribution < 1.29 is 8.60 Å². The number of halogens is 1. The molecule has 0 aliphatic heterocycles. The number of hydrogen-bond acceptors (Lipinski definition) is 4. The Bertz CT molecular complexity index is 510. The average Bonchev–Trinajstić information content (AvgIpc) is 2.25. The minimum absolute atomic E-state index is 0.610. The smallest absolute Gasteiger partial charge is 0.179 e. The molecule has 1 rings (SSSR count). The van der Waals surface area contributed by atoms with E-state index in [0.29, 0.717) is 5.69 Å². The minimum Gasteiger partial charge on any atom is -0.359 e. The molecule has 5 N–H and O–H groups in total. The normalized spacial score (nSPS) is 15.2. The summed E-state index contributed by atoms with van der Waals surface area (Å²) in [6.45, 7) is 0. The Morgan fingerprint density at radius 2 is 2.00 bits per heavy atom. The predicted molar refractivity (Wildman–Crippen MR) is 62.0 cm³/mol. The van der Waals surface area contributed by atoms with Gasteiger partial charge in [0.15, 0.2) is 20.8 Å². The average molecular weight is 242 g/mol. The molecule has 1 atom stereocenters. The van der Waals surface area contributed by atoms with Gasteiger partial charge in [-0.2, -0.15) is 0 Å². The van der Waals surface area contributed by atoms with Crippen LogP contribution in [0, 0.1) is 10.2 Å². The van der Waals surface area contributed by atoms with Crippen molar-refractivity contribution >= 4 is 20.6 Å². The highest BCUT2D eigenvalue weighted by molar-refractivity contribution is 8.05. The van der Waals surface area contributed by atoms with Crippen LogP contribution in [-0.4, -0.2) is 9.25 Å². The second-order valence-corrected chi connectivity index (χ2v) is 4.54. The molecule has 0 radical (unpaired) electrons. The third-order valence-electron chi connectivity index (χ3n) is 1.66. The van der Waals surface area contributed by atoms with Crippen molar-refractivity contribution in [2.45, 2.75) is 0 Å². The summed E-state index contributed by atoms with van der Waals surface area (Å²) in [4.78, 5) is 0. The molecular weight excluding hydrogens is 231 g/mol. The first-order valence-electron chi connectivity index (χ1n) is 4.24. The lowest BCUT2D eigenvalue weighted by atomic mass is 10.3. The summed E-state index contributed by atoms with van der Waals surface area (Å²) >= 11 is 0. The van der Waals surface area contributed by atoms with E-state index in [2.05, 4.69) is 5.32 Å². The lowest BCUT2D eigenvalue weighted by molar-refractivity contribution is 0.670. The second kappa shape index (κ2) is 4.86. The van der Waals surface area contributed by atoms with Crippen molar-refractivity contribution in [1.29, 1.82) is 10.2 Å². The molecular formula is C9H11FN4OS. The summed E-state index contributed by atoms with van der Waals surface area (Å²) in [5.41, 5.74) is 0.610. The van der Waals surface area contributed by atoms with Gasteiger partial charge in [0.25, 0.3) is 0 Å². The first kappa shape index (κ1) is 12.3. The topological polar surface area (TPSA) is 103 Å². The van der Waals surface area contributed by atoms with Crippen LogP contribution in [0.3, 0.4) is 0 Å². The van der Waals surface area contributed by atoms with E-state index in [-0.39, 0.29) is 0 Å². The second-order valence-electron chi connectivity index (χ2n) is 2.93. The van der Waals surface area contributed by atoms with Gasteiger partial charge in [0.05, 0.1) is 0 Å². The first-order valence-corrected chi connectivity index (χ1v) is 5.86. The number of rotatable bonds is 3. The van der Waals surface area contributed by atoms with E-state index in [0.717, 1.165) is 6.20 Å². The van der Waals surface area contributed by atoms with Crippen LogP contribution >= 0.6 is 0 Å². The van der Waals surface area contributed by atoms with Crippen molar-refractivity contribution in [2.24, 2.45) is 5.14 Å². The molecule has 0 aromatic heterocycles. The number of hydrogen-bond donors (Lipinski definition) is 4. The van der Waals surface area contributed by atoms with E-state index < -0.39 is 20.8 Å². The molecule has 16 heavy (non-hydrogen) atoms. The molecule has 0 heterocycles. The van der Waals surface area contributed by atoms with Crippen molar-refractivity contribution in [1.82, 2.24) is 0 Å². The summed E-state index contributed by atoms with van der Waals surface area (Å²) in [5, 5.41) is 13.4. The maximum atomic E-state index is 13.2. The number of anilines is 1. The van der Waals surface area contributed by atoms with Crippen LogP contribution in [0.4, 0.5) is 10.1 Å². The maximum Gasteiger partial charge on any atom is 0.179 e. The Labute approximate surface area is 92.8 Å². The fourth-order valence-corrected chi connectivity index (χ4v) is 1.24. The summed E-state index contributed by atoms with van der Waals surface area (Å²) in [5.74, 6) is -1.12. The molecule has 0 aliphatic carbocycles. The van der Waals surface area contributed by atoms with E-state index in [1.807, 2.05) is 0 Å². The summed E-state index contributed by atoms with van der Waals surface area (Å²) < 4.78 is 30.8. The zero-order valence-corrected chi connectivity index (χ0v) is 9.05. The molecule has 1 aromatic carbocycles. The van der Waals surface area contributed by atoms with Gasteiger partial charge in [-0.1, -0.05) is 18.2 Å². The predicted octanol–water partition coefficient (Wildman–Crippen LogP) is 1.81. The summed E-state index contributed by atoms with van der Waals surface area (Å²) in [6, 6.07) is 8.66. The fourth-order valence-electron chi connectivity index (χ4n) is 0.891. The van der Waals surface area contributed by atoms with Crippen LogP contribution in [0.1, 0.15) is 0 Å². The molecule has 1 aromatic rings. The van der Waals surface area contributed by atoms with E-state index in [9.17, 15) is 8.60 Å². The number of para-hydroxylation sites is 1. The highest BCUT2D eigenvalue weighted by atomic mass is 32.2. The molecule has 0 saturated heterocycles. The molecule has 0 spiro atoms. The highest BCUT2D eigenvalue weighted by Gasteiger charge is 2.13. The van der Waals surface area contributed by atoms with Crippen LogP contribution in [0.2, 0.25) is 0 Å². The van der Waals surface area contributed by atoms with Crippen LogP contribution in [0.15, 0.2) is 42.4 Å². The third-order valence-corrected chi connectivity index (χ3v) is 2.46. The maximum absolute atomic E-state index is 13.2. The summed E-state index contributed by atoms with van der Waals surface area (Å²) in [7, 11) is -3.81. The molecule has 0 aliphatic rings. The monoisotopic (exact) mass is 242 g/mol. The van der Waals surface area contributed by atoms with Gasteiger partial charge >= 0.3 is 0 Å². The lowest BCUT2D eigenvalue weighted by Gasteiger charge is -2.02.